The Balaban J connectivity index is 1.37. The smallest absolute Gasteiger partial charge is 0.383 e. The Kier molecular flexibility index (Phi) is 3.96. The second kappa shape index (κ2) is 6.18. The van der Waals surface area contributed by atoms with Crippen molar-refractivity contribution in [2.45, 2.75) is 36.9 Å². The minimum Gasteiger partial charge on any atom is -0.383 e. The molecule has 3 heterocycles. The van der Waals surface area contributed by atoms with Gasteiger partial charge in [-0.1, -0.05) is 0 Å². The number of fused-ring (bicyclic) bond motifs is 1. The largest absolute Gasteiger partial charge is 0.419 e. The normalized spacial score (nSPS) is 30.4. The maximum atomic E-state index is 13.1. The summed E-state index contributed by atoms with van der Waals surface area (Å²) in [6.45, 7) is 3.53. The Morgan fingerprint density at radius 1 is 1.18 bits per heavy atom. The number of alkyl halides is 3. The van der Waals surface area contributed by atoms with E-state index in [1.807, 2.05) is 6.07 Å². The van der Waals surface area contributed by atoms with E-state index in [9.17, 15) is 13.2 Å². The molecule has 0 amide bonds. The highest BCUT2D eigenvalue weighted by Crippen LogP contribution is 2.62. The van der Waals surface area contributed by atoms with Gasteiger partial charge < -0.3 is 10.5 Å². The Morgan fingerprint density at radius 3 is 2.64 bits per heavy atom. The van der Waals surface area contributed by atoms with E-state index in [1.54, 1.807) is 0 Å². The van der Waals surface area contributed by atoms with E-state index in [2.05, 4.69) is 20.1 Å². The van der Waals surface area contributed by atoms with E-state index in [4.69, 9.17) is 10.5 Å². The summed E-state index contributed by atoms with van der Waals surface area (Å²) in [6, 6.07) is 2.89. The molecule has 2 aromatic rings. The van der Waals surface area contributed by atoms with Gasteiger partial charge in [-0.3, -0.25) is 10.00 Å². The molecule has 0 aromatic carbocycles. The fourth-order valence-electron chi connectivity index (χ4n) is 5.25. The number of aromatic amines is 1. The third kappa shape index (κ3) is 2.79. The molecular weight excluding hydrogens is 371 g/mol. The fraction of sp³-hybridized carbons (Fsp3) is 0.579. The van der Waals surface area contributed by atoms with Crippen molar-refractivity contribution >= 4 is 5.82 Å². The van der Waals surface area contributed by atoms with Crippen LogP contribution in [0.5, 0.6) is 0 Å². The maximum absolute atomic E-state index is 13.1. The molecule has 6 rings (SSSR count). The van der Waals surface area contributed by atoms with Crippen LogP contribution in [0.25, 0.3) is 11.3 Å². The van der Waals surface area contributed by atoms with E-state index in [0.717, 1.165) is 44.5 Å². The van der Waals surface area contributed by atoms with Crippen LogP contribution in [-0.2, 0) is 10.9 Å². The van der Waals surface area contributed by atoms with Gasteiger partial charge in [-0.15, -0.1) is 0 Å². The number of morpholine rings is 1. The average Bonchev–Trinajstić information content (AvgIpc) is 3.34. The predicted octanol–water partition coefficient (Wildman–Crippen LogP) is 3.04. The fourth-order valence-corrected chi connectivity index (χ4v) is 5.25. The summed E-state index contributed by atoms with van der Waals surface area (Å²) in [5, 5.41) is 7.33. The van der Waals surface area contributed by atoms with Crippen LogP contribution in [0.3, 0.4) is 0 Å². The van der Waals surface area contributed by atoms with Gasteiger partial charge in [0.15, 0.2) is 0 Å². The van der Waals surface area contributed by atoms with Crippen molar-refractivity contribution in [1.29, 1.82) is 0 Å². The highest BCUT2D eigenvalue weighted by atomic mass is 19.4. The third-order valence-corrected chi connectivity index (χ3v) is 6.65. The predicted molar refractivity (Wildman–Crippen MR) is 96.4 cm³/mol. The standard InChI is InChI=1S/C19H22F3N5O/c20-19(21,22)14-5-11(10-24-17(14)23)15-6-16(26-25-15)13-9-18(7-12(13)8-18)27-1-3-28-4-2-27/h5-6,10,12-13H,1-4,7-9H2,(H2,23,24)(H,25,26). The molecule has 150 valence electrons. The van der Waals surface area contributed by atoms with Crippen molar-refractivity contribution in [1.82, 2.24) is 20.1 Å². The van der Waals surface area contributed by atoms with Gasteiger partial charge in [0, 0.05) is 42.0 Å². The molecule has 9 heteroatoms. The Hall–Kier alpha value is -2.13. The molecule has 2 aromatic heterocycles. The molecule has 6 nitrogen and oxygen atoms in total. The molecule has 1 saturated heterocycles. The number of aromatic nitrogens is 3. The van der Waals surface area contributed by atoms with E-state index in [0.29, 0.717) is 23.1 Å². The van der Waals surface area contributed by atoms with Crippen LogP contribution in [0, 0.1) is 5.92 Å². The number of H-pyrrole nitrogens is 1. The quantitative estimate of drug-likeness (QED) is 0.838. The minimum absolute atomic E-state index is 0.261. The number of pyridine rings is 1. The number of nitrogen functional groups attached to an aromatic ring is 1. The highest BCUT2D eigenvalue weighted by Gasteiger charge is 2.59. The summed E-state index contributed by atoms with van der Waals surface area (Å²) in [4.78, 5) is 6.27. The van der Waals surface area contributed by atoms with Crippen molar-refractivity contribution in [2.24, 2.45) is 5.92 Å². The first kappa shape index (κ1) is 17.9. The third-order valence-electron chi connectivity index (χ3n) is 6.65. The molecule has 1 unspecified atom stereocenters. The second-order valence-corrected chi connectivity index (χ2v) is 8.17. The number of hydrogen-bond donors (Lipinski definition) is 2. The number of halogens is 3. The lowest BCUT2D eigenvalue weighted by Gasteiger charge is -2.49. The number of rotatable bonds is 3. The zero-order valence-corrected chi connectivity index (χ0v) is 15.3. The number of ether oxygens (including phenoxy) is 1. The zero-order chi connectivity index (χ0) is 19.5. The number of nitrogens with two attached hydrogens (primary N) is 1. The topological polar surface area (TPSA) is 80.1 Å². The molecular formula is C19H22F3N5O. The van der Waals surface area contributed by atoms with Gasteiger partial charge >= 0.3 is 6.18 Å². The summed E-state index contributed by atoms with van der Waals surface area (Å²) >= 11 is 0. The molecule has 4 aliphatic rings. The summed E-state index contributed by atoms with van der Waals surface area (Å²) in [5.41, 5.74) is 6.51. The van der Waals surface area contributed by atoms with Crippen molar-refractivity contribution in [3.63, 3.8) is 0 Å². The molecule has 3 saturated carbocycles. The second-order valence-electron chi connectivity index (χ2n) is 8.17. The molecule has 4 fully saturated rings. The Morgan fingerprint density at radius 2 is 1.93 bits per heavy atom. The number of nitrogens with zero attached hydrogens (tertiary/aromatic N) is 3. The van der Waals surface area contributed by atoms with Crippen LogP contribution in [-0.4, -0.2) is 51.9 Å². The summed E-state index contributed by atoms with van der Waals surface area (Å²) < 4.78 is 44.8. The lowest BCUT2D eigenvalue weighted by molar-refractivity contribution is -0.137. The molecule has 2 bridgehead atoms. The average molecular weight is 393 g/mol. The molecule has 0 radical (unpaired) electrons. The van der Waals surface area contributed by atoms with Crippen LogP contribution in [0.4, 0.5) is 19.0 Å². The highest BCUT2D eigenvalue weighted by molar-refractivity contribution is 5.62. The van der Waals surface area contributed by atoms with Gasteiger partial charge in [-0.25, -0.2) is 4.98 Å². The van der Waals surface area contributed by atoms with Crippen LogP contribution in [0.1, 0.15) is 36.4 Å². The SMILES string of the molecule is Nc1ncc(-c2cc(C3CC4(N5CCOCC5)CC3C4)[nH]n2)cc1C(F)(F)F. The van der Waals surface area contributed by atoms with Gasteiger partial charge in [-0.05, 0) is 37.3 Å². The van der Waals surface area contributed by atoms with Crippen molar-refractivity contribution in [3.8, 4) is 11.3 Å². The van der Waals surface area contributed by atoms with E-state index in [1.165, 1.54) is 19.0 Å². The summed E-state index contributed by atoms with van der Waals surface area (Å²) in [6.07, 6.45) is 0.214. The van der Waals surface area contributed by atoms with Crippen molar-refractivity contribution in [3.05, 3.63) is 29.6 Å². The van der Waals surface area contributed by atoms with Gasteiger partial charge in [0.1, 0.15) is 5.82 Å². The molecule has 3 aliphatic carbocycles. The van der Waals surface area contributed by atoms with Gasteiger partial charge in [-0.2, -0.15) is 18.3 Å². The van der Waals surface area contributed by atoms with Crippen LogP contribution >= 0.6 is 0 Å². The maximum Gasteiger partial charge on any atom is 0.419 e. The first-order valence-electron chi connectivity index (χ1n) is 9.57. The molecule has 0 spiro atoms. The first-order valence-corrected chi connectivity index (χ1v) is 9.57. The van der Waals surface area contributed by atoms with Gasteiger partial charge in [0.05, 0.1) is 24.5 Å². The lowest BCUT2D eigenvalue weighted by atomic mass is 9.74. The number of nitrogens with one attached hydrogen (secondary N) is 1. The van der Waals surface area contributed by atoms with Crippen molar-refractivity contribution in [2.75, 3.05) is 32.0 Å². The van der Waals surface area contributed by atoms with Crippen molar-refractivity contribution < 1.29 is 17.9 Å². The molecule has 3 N–H and O–H groups in total. The lowest BCUT2D eigenvalue weighted by Crippen LogP contribution is -2.56. The Labute approximate surface area is 160 Å². The van der Waals surface area contributed by atoms with E-state index in [-0.39, 0.29) is 5.54 Å². The van der Waals surface area contributed by atoms with Crippen LogP contribution in [0.2, 0.25) is 0 Å². The first-order chi connectivity index (χ1) is 13.4. The molecule has 1 aliphatic heterocycles. The number of anilines is 1. The summed E-state index contributed by atoms with van der Waals surface area (Å²) in [7, 11) is 0. The minimum atomic E-state index is -4.54. The molecule has 28 heavy (non-hydrogen) atoms. The van der Waals surface area contributed by atoms with Crippen LogP contribution < -0.4 is 5.73 Å². The Bertz CT molecular complexity index is 884. The van der Waals surface area contributed by atoms with Gasteiger partial charge in [0.25, 0.3) is 0 Å². The van der Waals surface area contributed by atoms with E-state index >= 15 is 0 Å². The van der Waals surface area contributed by atoms with E-state index < -0.39 is 17.6 Å². The monoisotopic (exact) mass is 393 g/mol. The number of hydrogen-bond acceptors (Lipinski definition) is 5. The van der Waals surface area contributed by atoms with Gasteiger partial charge in [0.2, 0.25) is 0 Å². The summed E-state index contributed by atoms with van der Waals surface area (Å²) in [5.74, 6) is 0.454. The zero-order valence-electron chi connectivity index (χ0n) is 15.3. The molecule has 1 atom stereocenters. The van der Waals surface area contributed by atoms with Crippen LogP contribution in [0.15, 0.2) is 18.3 Å².